The zero-order valence-electron chi connectivity index (χ0n) is 13.1. The molecule has 0 amide bonds. The molecule has 0 atom stereocenters. The minimum atomic E-state index is -3.30. The quantitative estimate of drug-likeness (QED) is 0.750. The van der Waals surface area contributed by atoms with Gasteiger partial charge in [-0.05, 0) is 41.3 Å². The van der Waals surface area contributed by atoms with E-state index < -0.39 is 10.0 Å². The van der Waals surface area contributed by atoms with Gasteiger partial charge >= 0.3 is 0 Å². The molecule has 23 heavy (non-hydrogen) atoms. The van der Waals surface area contributed by atoms with Crippen LogP contribution in [0.5, 0.6) is 0 Å². The largest absolute Gasteiger partial charge is 0.346 e. The molecule has 0 radical (unpaired) electrons. The van der Waals surface area contributed by atoms with Crippen molar-refractivity contribution in [1.29, 1.82) is 0 Å². The molecule has 1 aromatic carbocycles. The van der Waals surface area contributed by atoms with E-state index in [-0.39, 0.29) is 11.7 Å². The van der Waals surface area contributed by atoms with Crippen molar-refractivity contribution in [2.24, 2.45) is 5.92 Å². The number of aromatic amines is 1. The lowest BCUT2D eigenvalue weighted by atomic mass is 10.0. The van der Waals surface area contributed by atoms with Crippen LogP contribution in [-0.4, -0.2) is 24.1 Å². The second-order valence-electron chi connectivity index (χ2n) is 5.95. The first kappa shape index (κ1) is 15.6. The summed E-state index contributed by atoms with van der Waals surface area (Å²) in [5, 5.41) is 1.04. The second kappa shape index (κ2) is 6.04. The van der Waals surface area contributed by atoms with E-state index in [1.54, 1.807) is 18.3 Å². The highest BCUT2D eigenvalue weighted by atomic mass is 32.2. The monoisotopic (exact) mass is 329 g/mol. The number of nitrogens with zero attached hydrogens (tertiary/aromatic N) is 1. The van der Waals surface area contributed by atoms with Crippen LogP contribution >= 0.6 is 0 Å². The maximum absolute atomic E-state index is 12.0. The Morgan fingerprint density at radius 3 is 2.57 bits per heavy atom. The van der Waals surface area contributed by atoms with E-state index in [0.717, 1.165) is 22.2 Å². The van der Waals surface area contributed by atoms with E-state index in [0.29, 0.717) is 5.69 Å². The number of H-pyrrole nitrogens is 1. The topological polar surface area (TPSA) is 74.8 Å². The van der Waals surface area contributed by atoms with Crippen molar-refractivity contribution in [3.8, 4) is 11.1 Å². The van der Waals surface area contributed by atoms with Crippen LogP contribution < -0.4 is 4.72 Å². The zero-order valence-corrected chi connectivity index (χ0v) is 13.9. The van der Waals surface area contributed by atoms with Crippen LogP contribution in [0.1, 0.15) is 13.8 Å². The number of fused-ring (bicyclic) bond motifs is 1. The Labute approximate surface area is 135 Å². The number of aromatic nitrogens is 2. The maximum Gasteiger partial charge on any atom is 0.232 e. The van der Waals surface area contributed by atoms with Gasteiger partial charge in [-0.2, -0.15) is 0 Å². The first-order valence-corrected chi connectivity index (χ1v) is 9.13. The third kappa shape index (κ3) is 3.53. The highest BCUT2D eigenvalue weighted by Crippen LogP contribution is 2.28. The third-order valence-corrected chi connectivity index (χ3v) is 5.13. The molecule has 6 heteroatoms. The molecule has 0 aliphatic rings. The number of anilines is 1. The predicted molar refractivity (Wildman–Crippen MR) is 93.8 cm³/mol. The number of hydrogen-bond donors (Lipinski definition) is 2. The van der Waals surface area contributed by atoms with Gasteiger partial charge in [0.1, 0.15) is 5.65 Å². The molecule has 0 saturated carbocycles. The molecule has 2 N–H and O–H groups in total. The molecule has 0 unspecified atom stereocenters. The summed E-state index contributed by atoms with van der Waals surface area (Å²) in [7, 11) is -3.30. The molecule has 0 aliphatic carbocycles. The Kier molecular flexibility index (Phi) is 4.09. The molecular formula is C17H19N3O2S. The molecule has 2 aromatic heterocycles. The highest BCUT2D eigenvalue weighted by Gasteiger charge is 2.13. The second-order valence-corrected chi connectivity index (χ2v) is 7.72. The summed E-state index contributed by atoms with van der Waals surface area (Å²) in [5.41, 5.74) is 3.50. The van der Waals surface area contributed by atoms with Crippen LogP contribution in [0.25, 0.3) is 22.2 Å². The summed E-state index contributed by atoms with van der Waals surface area (Å²) < 4.78 is 26.6. The van der Waals surface area contributed by atoms with E-state index >= 15 is 0 Å². The van der Waals surface area contributed by atoms with Crippen molar-refractivity contribution in [2.45, 2.75) is 13.8 Å². The van der Waals surface area contributed by atoms with Crippen molar-refractivity contribution >= 4 is 26.7 Å². The first-order valence-electron chi connectivity index (χ1n) is 7.47. The zero-order chi connectivity index (χ0) is 16.4. The van der Waals surface area contributed by atoms with E-state index in [4.69, 9.17) is 0 Å². The summed E-state index contributed by atoms with van der Waals surface area (Å²) in [6, 6.07) is 11.3. The lowest BCUT2D eigenvalue weighted by molar-refractivity contribution is 0.587. The summed E-state index contributed by atoms with van der Waals surface area (Å²) in [5.74, 6) is 0.203. The molecule has 5 nitrogen and oxygen atoms in total. The van der Waals surface area contributed by atoms with Gasteiger partial charge in [0, 0.05) is 23.5 Å². The Morgan fingerprint density at radius 2 is 1.87 bits per heavy atom. The van der Waals surface area contributed by atoms with Gasteiger partial charge in [-0.15, -0.1) is 0 Å². The Balaban J connectivity index is 1.87. The Bertz CT molecular complexity index is 912. The molecule has 2 heterocycles. The number of benzene rings is 1. The van der Waals surface area contributed by atoms with Crippen molar-refractivity contribution in [3.63, 3.8) is 0 Å². The molecular weight excluding hydrogens is 310 g/mol. The molecule has 0 aliphatic heterocycles. The fourth-order valence-corrected chi connectivity index (χ4v) is 4.05. The standard InChI is InChI=1S/C17H19N3O2S/c1-12(2)11-23(21,22)20-14-5-3-13(4-6-14)15-7-9-18-17-16(15)8-10-19-17/h3-10,12,20H,11H2,1-2H3,(H,18,19). The minimum absolute atomic E-state index is 0.0884. The van der Waals surface area contributed by atoms with Crippen LogP contribution in [0.3, 0.4) is 0 Å². The van der Waals surface area contributed by atoms with E-state index in [9.17, 15) is 8.42 Å². The van der Waals surface area contributed by atoms with Crippen molar-refractivity contribution in [1.82, 2.24) is 9.97 Å². The van der Waals surface area contributed by atoms with Crippen molar-refractivity contribution in [2.75, 3.05) is 10.5 Å². The lowest BCUT2D eigenvalue weighted by Crippen LogP contribution is -2.19. The molecule has 0 saturated heterocycles. The molecule has 3 aromatic rings. The summed E-state index contributed by atoms with van der Waals surface area (Å²) in [6.45, 7) is 3.77. The SMILES string of the molecule is CC(C)CS(=O)(=O)Nc1ccc(-c2ccnc3[nH]ccc23)cc1. The van der Waals surface area contributed by atoms with Gasteiger partial charge in [-0.25, -0.2) is 13.4 Å². The van der Waals surface area contributed by atoms with Gasteiger partial charge in [-0.3, -0.25) is 4.72 Å². The maximum atomic E-state index is 12.0. The fraction of sp³-hybridized carbons (Fsp3) is 0.235. The minimum Gasteiger partial charge on any atom is -0.346 e. The average molecular weight is 329 g/mol. The first-order chi connectivity index (χ1) is 10.9. The van der Waals surface area contributed by atoms with E-state index in [1.165, 1.54) is 0 Å². The molecule has 0 bridgehead atoms. The highest BCUT2D eigenvalue weighted by molar-refractivity contribution is 7.92. The van der Waals surface area contributed by atoms with Gasteiger partial charge < -0.3 is 4.98 Å². The number of hydrogen-bond acceptors (Lipinski definition) is 3. The number of rotatable bonds is 5. The van der Waals surface area contributed by atoms with E-state index in [2.05, 4.69) is 14.7 Å². The Morgan fingerprint density at radius 1 is 1.13 bits per heavy atom. The predicted octanol–water partition coefficient (Wildman–Crippen LogP) is 3.63. The summed E-state index contributed by atoms with van der Waals surface area (Å²) in [6.07, 6.45) is 3.61. The fourth-order valence-electron chi connectivity index (χ4n) is 2.59. The normalized spacial score (nSPS) is 12.0. The van der Waals surface area contributed by atoms with Gasteiger partial charge in [0.05, 0.1) is 5.75 Å². The summed E-state index contributed by atoms with van der Waals surface area (Å²) >= 11 is 0. The number of pyridine rings is 1. The van der Waals surface area contributed by atoms with Crippen LogP contribution in [0.4, 0.5) is 5.69 Å². The molecule has 3 rings (SSSR count). The molecule has 120 valence electrons. The summed E-state index contributed by atoms with van der Waals surface area (Å²) in [4.78, 5) is 7.36. The number of sulfonamides is 1. The van der Waals surface area contributed by atoms with Gasteiger partial charge in [0.2, 0.25) is 10.0 Å². The van der Waals surface area contributed by atoms with Gasteiger partial charge in [-0.1, -0.05) is 26.0 Å². The Hall–Kier alpha value is -2.34. The van der Waals surface area contributed by atoms with Crippen LogP contribution in [-0.2, 0) is 10.0 Å². The molecule has 0 fully saturated rings. The smallest absolute Gasteiger partial charge is 0.232 e. The van der Waals surface area contributed by atoms with Crippen molar-refractivity contribution in [3.05, 3.63) is 48.8 Å². The number of nitrogens with one attached hydrogen (secondary N) is 2. The molecule has 0 spiro atoms. The van der Waals surface area contributed by atoms with Crippen LogP contribution in [0.15, 0.2) is 48.8 Å². The van der Waals surface area contributed by atoms with Gasteiger partial charge in [0.25, 0.3) is 0 Å². The van der Waals surface area contributed by atoms with Gasteiger partial charge in [0.15, 0.2) is 0 Å². The van der Waals surface area contributed by atoms with E-state index in [1.807, 2.05) is 44.3 Å². The van der Waals surface area contributed by atoms with Crippen LogP contribution in [0, 0.1) is 5.92 Å². The lowest BCUT2D eigenvalue weighted by Gasteiger charge is -2.10. The van der Waals surface area contributed by atoms with Crippen LogP contribution in [0.2, 0.25) is 0 Å². The van der Waals surface area contributed by atoms with Crippen molar-refractivity contribution < 1.29 is 8.42 Å². The third-order valence-electron chi connectivity index (χ3n) is 3.48. The average Bonchev–Trinajstić information content (AvgIpc) is 2.94.